The summed E-state index contributed by atoms with van der Waals surface area (Å²) in [6, 6.07) is 14.8. The van der Waals surface area contributed by atoms with Crippen LogP contribution in [0, 0.1) is 5.92 Å². The molecule has 3 atom stereocenters. The first-order valence-electron chi connectivity index (χ1n) is 19.7. The fourth-order valence-corrected chi connectivity index (χ4v) is 9.33. The lowest BCUT2D eigenvalue weighted by Gasteiger charge is -2.34. The maximum atomic E-state index is 16.4. The monoisotopic (exact) mass is 779 g/mol. The first-order valence-corrected chi connectivity index (χ1v) is 19.7. The number of fused-ring (bicyclic) bond motifs is 4. The fraction of sp³-hybridized carbons (Fsp3) is 0.429. The molecule has 4 fully saturated rings. The van der Waals surface area contributed by atoms with Gasteiger partial charge in [-0.05, 0) is 84.7 Å². The van der Waals surface area contributed by atoms with Crippen molar-refractivity contribution in [2.45, 2.75) is 61.9 Å². The molecule has 0 bridgehead atoms. The number of nitrogens with zero attached hydrogens (tertiary/aromatic N) is 3. The average molecular weight is 780 g/mol. The number of likely N-dealkylation sites (tertiary alicyclic amines) is 1. The van der Waals surface area contributed by atoms with E-state index in [-0.39, 0.29) is 35.5 Å². The highest BCUT2D eigenvalue weighted by atomic mass is 19.3. The predicted octanol–water partition coefficient (Wildman–Crippen LogP) is 6.33. The van der Waals surface area contributed by atoms with Gasteiger partial charge in [0, 0.05) is 36.3 Å². The van der Waals surface area contributed by atoms with Crippen LogP contribution in [-0.2, 0) is 29.7 Å². The predicted molar refractivity (Wildman–Crippen MR) is 204 cm³/mol. The molecule has 296 valence electrons. The molecule has 10 rings (SSSR count). The molecule has 4 N–H and O–H groups in total. The number of amides is 2. The summed E-state index contributed by atoms with van der Waals surface area (Å²) in [7, 11) is 1.27. The third-order valence-corrected chi connectivity index (χ3v) is 12.3. The van der Waals surface area contributed by atoms with Crippen molar-refractivity contribution in [2.75, 3.05) is 46.6 Å². The summed E-state index contributed by atoms with van der Waals surface area (Å²) in [5.41, 5.74) is 5.04. The number of alkyl carbamates (subject to hydrolysis) is 1. The van der Waals surface area contributed by atoms with Gasteiger partial charge in [0.25, 0.3) is 5.92 Å². The highest BCUT2D eigenvalue weighted by Gasteiger charge is 2.53. The summed E-state index contributed by atoms with van der Waals surface area (Å²) in [5, 5.41) is 6.21. The van der Waals surface area contributed by atoms with E-state index >= 15 is 8.78 Å². The number of aromatic amines is 2. The number of carbonyl (C=O) groups is 2. The molecule has 0 radical (unpaired) electrons. The molecule has 13 nitrogen and oxygen atoms in total. The maximum absolute atomic E-state index is 16.4. The van der Waals surface area contributed by atoms with Gasteiger partial charge in [0.15, 0.2) is 5.79 Å². The molecular formula is C42H43F2N7O6. The number of H-pyrrole nitrogens is 2. The smallest absolute Gasteiger partial charge is 0.407 e. The summed E-state index contributed by atoms with van der Waals surface area (Å²) in [5.74, 6) is -3.28. The summed E-state index contributed by atoms with van der Waals surface area (Å²) >= 11 is 0. The van der Waals surface area contributed by atoms with Gasteiger partial charge in [-0.1, -0.05) is 30.3 Å². The van der Waals surface area contributed by atoms with Crippen LogP contribution in [0.3, 0.4) is 0 Å². The molecule has 6 heterocycles. The molecule has 1 spiro atoms. The Kier molecular flexibility index (Phi) is 8.88. The van der Waals surface area contributed by atoms with Crippen molar-refractivity contribution in [2.24, 2.45) is 5.92 Å². The van der Waals surface area contributed by atoms with Gasteiger partial charge in [0.05, 0.1) is 61.9 Å². The third kappa shape index (κ3) is 6.27. The Morgan fingerprint density at radius 2 is 1.63 bits per heavy atom. The van der Waals surface area contributed by atoms with Gasteiger partial charge >= 0.3 is 6.09 Å². The summed E-state index contributed by atoms with van der Waals surface area (Å²) in [4.78, 5) is 44.8. The van der Waals surface area contributed by atoms with E-state index in [1.165, 1.54) is 7.11 Å². The minimum atomic E-state index is -3.21. The Morgan fingerprint density at radius 1 is 0.912 bits per heavy atom. The van der Waals surface area contributed by atoms with Crippen molar-refractivity contribution in [1.29, 1.82) is 0 Å². The first kappa shape index (κ1) is 36.1. The molecule has 5 aliphatic rings. The molecule has 2 amide bonds. The largest absolute Gasteiger partial charge is 0.453 e. The van der Waals surface area contributed by atoms with Crippen LogP contribution in [0.1, 0.15) is 67.0 Å². The van der Waals surface area contributed by atoms with Crippen molar-refractivity contribution >= 4 is 23.0 Å². The quantitative estimate of drug-likeness (QED) is 0.148. The first-order chi connectivity index (χ1) is 27.7. The number of hydrogen-bond donors (Lipinski definition) is 4. The van der Waals surface area contributed by atoms with Gasteiger partial charge < -0.3 is 44.4 Å². The second-order valence-corrected chi connectivity index (χ2v) is 15.6. The molecule has 4 aliphatic heterocycles. The van der Waals surface area contributed by atoms with Crippen molar-refractivity contribution in [3.05, 3.63) is 83.6 Å². The van der Waals surface area contributed by atoms with E-state index in [0.29, 0.717) is 90.5 Å². The average Bonchev–Trinajstić information content (AvgIpc) is 4.10. The van der Waals surface area contributed by atoms with Crippen LogP contribution >= 0.6 is 0 Å². The van der Waals surface area contributed by atoms with Gasteiger partial charge in [-0.3, -0.25) is 4.79 Å². The van der Waals surface area contributed by atoms with E-state index in [9.17, 15) is 9.59 Å². The van der Waals surface area contributed by atoms with Crippen LogP contribution in [0.15, 0.2) is 60.8 Å². The maximum Gasteiger partial charge on any atom is 0.407 e. The lowest BCUT2D eigenvalue weighted by molar-refractivity contribution is -0.154. The molecule has 0 unspecified atom stereocenters. The van der Waals surface area contributed by atoms with Gasteiger partial charge in [0.2, 0.25) is 5.91 Å². The van der Waals surface area contributed by atoms with Gasteiger partial charge in [-0.2, -0.15) is 8.78 Å². The van der Waals surface area contributed by atoms with E-state index in [1.54, 1.807) is 35.4 Å². The second kappa shape index (κ2) is 14.0. The van der Waals surface area contributed by atoms with E-state index < -0.39 is 29.9 Å². The van der Waals surface area contributed by atoms with E-state index in [1.807, 2.05) is 30.3 Å². The number of halogens is 2. The Bertz CT molecular complexity index is 2360. The number of imidazole rings is 2. The molecule has 1 aliphatic carbocycles. The van der Waals surface area contributed by atoms with Crippen molar-refractivity contribution in [3.63, 3.8) is 0 Å². The summed E-state index contributed by atoms with van der Waals surface area (Å²) < 4.78 is 55.3. The zero-order valence-electron chi connectivity index (χ0n) is 31.4. The molecule has 57 heavy (non-hydrogen) atoms. The molecule has 5 aromatic rings. The van der Waals surface area contributed by atoms with Crippen molar-refractivity contribution in [1.82, 2.24) is 35.5 Å². The van der Waals surface area contributed by atoms with Crippen molar-refractivity contribution in [3.8, 4) is 33.5 Å². The van der Waals surface area contributed by atoms with Gasteiger partial charge in [-0.15, -0.1) is 0 Å². The zero-order valence-corrected chi connectivity index (χ0v) is 31.4. The lowest BCUT2D eigenvalue weighted by Crippen LogP contribution is -2.54. The highest BCUT2D eigenvalue weighted by Crippen LogP contribution is 2.53. The lowest BCUT2D eigenvalue weighted by atomic mass is 9.90. The Balaban J connectivity index is 0.937. The van der Waals surface area contributed by atoms with Crippen LogP contribution in [0.2, 0.25) is 0 Å². The minimum absolute atomic E-state index is 0.0274. The highest BCUT2D eigenvalue weighted by molar-refractivity contribution is 5.88. The van der Waals surface area contributed by atoms with Crippen LogP contribution in [0.5, 0.6) is 0 Å². The Labute approximate surface area is 326 Å². The number of carbonyl (C=O) groups excluding carboxylic acids is 2. The zero-order chi connectivity index (χ0) is 38.9. The van der Waals surface area contributed by atoms with Gasteiger partial charge in [0.1, 0.15) is 17.7 Å². The molecule has 15 heteroatoms. The Morgan fingerprint density at radius 3 is 2.37 bits per heavy atom. The summed E-state index contributed by atoms with van der Waals surface area (Å²) in [6.07, 6.45) is 4.65. The normalized spacial score (nSPS) is 22.9. The molecular weight excluding hydrogens is 737 g/mol. The number of aromatic nitrogens is 4. The molecule has 0 saturated carbocycles. The molecule has 3 aromatic carbocycles. The fourth-order valence-electron chi connectivity index (χ4n) is 9.33. The number of rotatable bonds is 7. The van der Waals surface area contributed by atoms with Crippen LogP contribution in [0.4, 0.5) is 13.6 Å². The summed E-state index contributed by atoms with van der Waals surface area (Å²) in [6.45, 7) is 2.88. The van der Waals surface area contributed by atoms with E-state index in [4.69, 9.17) is 23.9 Å². The van der Waals surface area contributed by atoms with Crippen molar-refractivity contribution < 1.29 is 37.3 Å². The van der Waals surface area contributed by atoms with Gasteiger partial charge in [-0.25, -0.2) is 14.8 Å². The number of benzene rings is 3. The number of hydrogen-bond acceptors (Lipinski definition) is 9. The van der Waals surface area contributed by atoms with Crippen LogP contribution in [-0.4, -0.2) is 95.3 Å². The van der Waals surface area contributed by atoms with Crippen LogP contribution < -0.4 is 10.6 Å². The van der Waals surface area contributed by atoms with E-state index in [2.05, 4.69) is 25.6 Å². The van der Waals surface area contributed by atoms with E-state index in [0.717, 1.165) is 30.8 Å². The minimum Gasteiger partial charge on any atom is -0.453 e. The number of ether oxygens (including phenoxy) is 4. The molecule has 4 saturated heterocycles. The molecule has 2 aromatic heterocycles. The Hall–Kier alpha value is -5.22. The number of alkyl halides is 2. The topological polar surface area (TPSA) is 156 Å². The second-order valence-electron chi connectivity index (χ2n) is 15.6. The van der Waals surface area contributed by atoms with Crippen LogP contribution in [0.25, 0.3) is 44.5 Å². The third-order valence-electron chi connectivity index (χ3n) is 12.3. The SMILES string of the molecule is COC(=O)N[C@H](C(=O)N1CC2(C[C@H]1c1nc3ccc(-c4ccc5c(c4)C(F)(F)c4cc(-c6cnc([C@H]7CCCN7)[nH]6)ccc4-5)cc3[nH]1)OCCO2)C1CCOCC1. The standard InChI is InChI=1S/C42H43F2N7O6/c1-54-40(53)50-36(23-10-13-55-14-11-23)39(52)51-22-41(56-15-16-57-41)20-35(51)38-47-31-9-6-25(19-33(31)48-38)24-4-7-27-28-8-5-26(18-30(28)42(43,44)29(27)17-24)34-21-46-37(49-34)32-3-2-12-45-32/h4-9,17-19,21,23,32,35-36,45H,2-3,10-16,20,22H2,1H3,(H,46,49)(H,47,48)(H,50,53)/t32-,35+,36+/m1/s1. The number of methoxy groups -OCH3 is 1. The number of nitrogens with one attached hydrogen (secondary N) is 4.